The van der Waals surface area contributed by atoms with Gasteiger partial charge in [0.2, 0.25) is 0 Å². The Bertz CT molecular complexity index is 855. The number of carbonyl (C=O) groups is 1. The fourth-order valence-corrected chi connectivity index (χ4v) is 4.26. The first-order chi connectivity index (χ1) is 13.7. The Kier molecular flexibility index (Phi) is 5.24. The molecule has 0 aliphatic carbocycles. The number of methoxy groups -OCH3 is 2. The molecule has 1 fully saturated rings. The van der Waals surface area contributed by atoms with Crippen LogP contribution in [0.2, 0.25) is 0 Å². The molecule has 0 saturated carbocycles. The van der Waals surface area contributed by atoms with Crippen LogP contribution in [0.1, 0.15) is 30.4 Å². The molecular formula is C23H25NO4. The Morgan fingerprint density at radius 1 is 1.00 bits per heavy atom. The van der Waals surface area contributed by atoms with Gasteiger partial charge in [-0.25, -0.2) is 4.79 Å². The number of benzene rings is 2. The summed E-state index contributed by atoms with van der Waals surface area (Å²) in [6.45, 7) is 0.298. The minimum Gasteiger partial charge on any atom is -0.496 e. The van der Waals surface area contributed by atoms with E-state index in [1.807, 2.05) is 53.4 Å². The van der Waals surface area contributed by atoms with E-state index < -0.39 is 0 Å². The third kappa shape index (κ3) is 3.44. The zero-order valence-corrected chi connectivity index (χ0v) is 16.3. The number of nitrogens with zero attached hydrogens (tertiary/aromatic N) is 1. The molecule has 0 aromatic heterocycles. The summed E-state index contributed by atoms with van der Waals surface area (Å²) in [7, 11) is 3.34. The van der Waals surface area contributed by atoms with Gasteiger partial charge in [-0.3, -0.25) is 4.90 Å². The predicted molar refractivity (Wildman–Crippen MR) is 107 cm³/mol. The maximum Gasteiger partial charge on any atom is 0.410 e. The highest BCUT2D eigenvalue weighted by Gasteiger charge is 2.41. The Hall–Kier alpha value is -2.95. The predicted octanol–water partition coefficient (Wildman–Crippen LogP) is 4.66. The van der Waals surface area contributed by atoms with E-state index >= 15 is 0 Å². The maximum atomic E-state index is 12.7. The Labute approximate surface area is 165 Å². The van der Waals surface area contributed by atoms with Crippen LogP contribution in [0.3, 0.4) is 0 Å². The second kappa shape index (κ2) is 7.97. The van der Waals surface area contributed by atoms with Gasteiger partial charge in [0.15, 0.2) is 0 Å². The second-order valence-corrected chi connectivity index (χ2v) is 7.18. The van der Waals surface area contributed by atoms with Crippen LogP contribution in [0.4, 0.5) is 4.79 Å². The molecule has 2 unspecified atom stereocenters. The van der Waals surface area contributed by atoms with Gasteiger partial charge in [0.1, 0.15) is 18.1 Å². The molecule has 2 aromatic carbocycles. The van der Waals surface area contributed by atoms with Crippen molar-refractivity contribution < 1.29 is 19.0 Å². The van der Waals surface area contributed by atoms with E-state index in [9.17, 15) is 4.79 Å². The van der Waals surface area contributed by atoms with E-state index in [2.05, 4.69) is 6.08 Å². The second-order valence-electron chi connectivity index (χ2n) is 7.18. The van der Waals surface area contributed by atoms with E-state index in [1.165, 1.54) is 5.57 Å². The molecule has 5 heteroatoms. The van der Waals surface area contributed by atoms with Crippen molar-refractivity contribution in [3.05, 3.63) is 65.7 Å². The lowest BCUT2D eigenvalue weighted by atomic mass is 9.93. The monoisotopic (exact) mass is 379 g/mol. The molecule has 146 valence electrons. The molecule has 2 aliphatic heterocycles. The summed E-state index contributed by atoms with van der Waals surface area (Å²) in [6, 6.07) is 15.8. The Morgan fingerprint density at radius 3 is 2.36 bits per heavy atom. The van der Waals surface area contributed by atoms with Crippen molar-refractivity contribution in [3.63, 3.8) is 0 Å². The van der Waals surface area contributed by atoms with Gasteiger partial charge in [0.05, 0.1) is 25.8 Å². The number of hydrogen-bond acceptors (Lipinski definition) is 4. The van der Waals surface area contributed by atoms with Gasteiger partial charge >= 0.3 is 6.09 Å². The van der Waals surface area contributed by atoms with Gasteiger partial charge in [0.25, 0.3) is 0 Å². The summed E-state index contributed by atoms with van der Waals surface area (Å²) in [5.41, 5.74) is 3.16. The van der Waals surface area contributed by atoms with Gasteiger partial charge in [0, 0.05) is 6.04 Å². The Balaban J connectivity index is 1.54. The minimum absolute atomic E-state index is 0.0478. The fraction of sp³-hybridized carbons (Fsp3) is 0.348. The van der Waals surface area contributed by atoms with E-state index in [4.69, 9.17) is 14.2 Å². The van der Waals surface area contributed by atoms with Gasteiger partial charge in [-0.15, -0.1) is 0 Å². The fourth-order valence-electron chi connectivity index (χ4n) is 4.26. The number of carbonyl (C=O) groups excluding carboxylic acids is 1. The smallest absolute Gasteiger partial charge is 0.410 e. The number of fused-ring (bicyclic) bond motifs is 2. The molecule has 28 heavy (non-hydrogen) atoms. The summed E-state index contributed by atoms with van der Waals surface area (Å²) in [4.78, 5) is 14.6. The maximum absolute atomic E-state index is 12.7. The summed E-state index contributed by atoms with van der Waals surface area (Å²) in [5, 5.41) is 0. The SMILES string of the molecule is COc1cccc(OC)c1C1=CC2CCC(C1)N2C(=O)OCc1ccccc1. The third-order valence-corrected chi connectivity index (χ3v) is 5.56. The standard InChI is InChI=1S/C23H25NO4/c1-26-20-9-6-10-21(27-2)22(20)17-13-18-11-12-19(14-17)24(18)23(25)28-15-16-7-4-3-5-8-16/h3-10,13,18-19H,11-12,14-15H2,1-2H3. The average molecular weight is 379 g/mol. The normalized spacial score (nSPS) is 20.5. The van der Waals surface area contributed by atoms with Crippen LogP contribution in [0.15, 0.2) is 54.6 Å². The molecule has 5 nitrogen and oxygen atoms in total. The summed E-state index contributed by atoms with van der Waals surface area (Å²) in [6.07, 6.45) is 4.63. The van der Waals surface area contributed by atoms with Crippen molar-refractivity contribution in [2.75, 3.05) is 14.2 Å². The first kappa shape index (κ1) is 18.4. The quantitative estimate of drug-likeness (QED) is 0.758. The lowest BCUT2D eigenvalue weighted by Crippen LogP contribution is -2.43. The first-order valence-electron chi connectivity index (χ1n) is 9.62. The van der Waals surface area contributed by atoms with E-state index in [1.54, 1.807) is 14.2 Å². The largest absolute Gasteiger partial charge is 0.496 e. The van der Waals surface area contributed by atoms with Gasteiger partial charge in [-0.2, -0.15) is 0 Å². The van der Waals surface area contributed by atoms with Crippen LogP contribution in [-0.4, -0.2) is 37.3 Å². The van der Waals surface area contributed by atoms with Crippen molar-refractivity contribution in [3.8, 4) is 11.5 Å². The molecule has 2 atom stereocenters. The molecule has 1 saturated heterocycles. The number of amides is 1. The first-order valence-corrected chi connectivity index (χ1v) is 9.62. The molecule has 0 radical (unpaired) electrons. The van der Waals surface area contributed by atoms with Gasteiger partial charge < -0.3 is 14.2 Å². The van der Waals surface area contributed by atoms with Crippen molar-refractivity contribution in [1.82, 2.24) is 4.90 Å². The van der Waals surface area contributed by atoms with Crippen LogP contribution in [0.25, 0.3) is 5.57 Å². The van der Waals surface area contributed by atoms with Crippen LogP contribution in [-0.2, 0) is 11.3 Å². The average Bonchev–Trinajstić information content (AvgIpc) is 3.01. The summed E-state index contributed by atoms with van der Waals surface area (Å²) < 4.78 is 16.7. The number of hydrogen-bond donors (Lipinski definition) is 0. The molecule has 2 bridgehead atoms. The van der Waals surface area contributed by atoms with Crippen LogP contribution in [0.5, 0.6) is 11.5 Å². The molecule has 0 spiro atoms. The van der Waals surface area contributed by atoms with Crippen molar-refractivity contribution in [2.45, 2.75) is 38.0 Å². The molecule has 2 heterocycles. The van der Waals surface area contributed by atoms with Crippen molar-refractivity contribution >= 4 is 11.7 Å². The zero-order chi connectivity index (χ0) is 19.5. The van der Waals surface area contributed by atoms with E-state index in [0.717, 1.165) is 41.9 Å². The van der Waals surface area contributed by atoms with Crippen LogP contribution < -0.4 is 9.47 Å². The van der Waals surface area contributed by atoms with Crippen molar-refractivity contribution in [1.29, 1.82) is 0 Å². The van der Waals surface area contributed by atoms with Gasteiger partial charge in [-0.05, 0) is 42.5 Å². The topological polar surface area (TPSA) is 48.0 Å². The lowest BCUT2D eigenvalue weighted by molar-refractivity contribution is 0.0832. The van der Waals surface area contributed by atoms with Crippen LogP contribution in [0, 0.1) is 0 Å². The van der Waals surface area contributed by atoms with E-state index in [-0.39, 0.29) is 18.2 Å². The lowest BCUT2D eigenvalue weighted by Gasteiger charge is -2.33. The molecule has 2 aromatic rings. The number of rotatable bonds is 5. The molecule has 4 rings (SSSR count). The van der Waals surface area contributed by atoms with Crippen LogP contribution >= 0.6 is 0 Å². The van der Waals surface area contributed by atoms with Crippen molar-refractivity contribution in [2.24, 2.45) is 0 Å². The molecule has 0 N–H and O–H groups in total. The van der Waals surface area contributed by atoms with E-state index in [0.29, 0.717) is 6.61 Å². The molecular weight excluding hydrogens is 354 g/mol. The van der Waals surface area contributed by atoms with Gasteiger partial charge in [-0.1, -0.05) is 42.5 Å². The Morgan fingerprint density at radius 2 is 1.71 bits per heavy atom. The minimum atomic E-state index is -0.237. The highest BCUT2D eigenvalue weighted by atomic mass is 16.6. The highest BCUT2D eigenvalue weighted by molar-refractivity contribution is 5.79. The highest BCUT2D eigenvalue weighted by Crippen LogP contribution is 2.44. The molecule has 1 amide bonds. The third-order valence-electron chi connectivity index (χ3n) is 5.56. The molecule has 2 aliphatic rings. The summed E-state index contributed by atoms with van der Waals surface area (Å²) >= 11 is 0. The zero-order valence-electron chi connectivity index (χ0n) is 16.3. The summed E-state index contributed by atoms with van der Waals surface area (Å²) in [5.74, 6) is 1.59. The number of ether oxygens (including phenoxy) is 3.